The molecule has 0 aromatic rings. The lowest BCUT2D eigenvalue weighted by molar-refractivity contribution is -0.136. The SMILES string of the molecule is CCCCCCCCCCCCCCCCON[C@@H](CS)C(=O)N[C@@H](CS)C(=O)N[C@@H](CS)C(=O)N[C@@H](CS)C(=O)NCC(=O)NCC(=O)NCC(=O)N[C@@H](CCCCN)C(=O)N[C@H](C(=O)N[C@@H](CCCCN)C(=O)N[C@H](C(=O)N[C@@H](C)C(=O)N[C@H](C(N)=O)C(C)C)C(C)C)[C@@H](C)CC. The van der Waals surface area contributed by atoms with Crippen molar-refractivity contribution in [2.24, 2.45) is 35.0 Å². The predicted octanol–water partition coefficient (Wildman–Crippen LogP) is -0.0902. The highest BCUT2D eigenvalue weighted by Crippen LogP contribution is 2.15. The predicted molar refractivity (Wildman–Crippen MR) is 395 cm³/mol. The third kappa shape index (κ3) is 41.2. The van der Waals surface area contributed by atoms with Gasteiger partial charge in [0.05, 0.1) is 26.2 Å². The molecule has 0 unspecified atom stereocenters. The third-order valence-corrected chi connectivity index (χ3v) is 17.8. The molecule has 99 heavy (non-hydrogen) atoms. The summed E-state index contributed by atoms with van der Waals surface area (Å²) < 4.78 is 0. The largest absolute Gasteiger partial charge is 0.368 e. The van der Waals surface area contributed by atoms with Crippen LogP contribution in [0.2, 0.25) is 0 Å². The summed E-state index contributed by atoms with van der Waals surface area (Å²) >= 11 is 16.8. The Labute approximate surface area is 608 Å². The first-order valence-electron chi connectivity index (χ1n) is 35.1. The number of thiol groups is 4. The molecule has 0 spiro atoms. The molecule has 0 bridgehead atoms. The van der Waals surface area contributed by atoms with Crippen molar-refractivity contribution in [2.45, 2.75) is 251 Å². The summed E-state index contributed by atoms with van der Waals surface area (Å²) in [6, 6.07) is -11.7. The average Bonchev–Trinajstić information content (AvgIpc) is 0.876. The van der Waals surface area contributed by atoms with Crippen molar-refractivity contribution >= 4 is 127 Å². The van der Waals surface area contributed by atoms with Crippen LogP contribution in [0.25, 0.3) is 0 Å². The van der Waals surface area contributed by atoms with Crippen LogP contribution in [0.5, 0.6) is 0 Å². The van der Waals surface area contributed by atoms with Gasteiger partial charge in [-0.05, 0) is 82.7 Å². The minimum Gasteiger partial charge on any atom is -0.368 e. The van der Waals surface area contributed by atoms with Crippen molar-refractivity contribution in [3.8, 4) is 0 Å². The normalized spacial score (nSPS) is 14.6. The number of primary amides is 1. The molecule has 0 radical (unpaired) electrons. The van der Waals surface area contributed by atoms with Crippen LogP contribution in [-0.2, 0) is 67.2 Å². The molecule has 0 rings (SSSR count). The quantitative estimate of drug-likeness (QED) is 0.0215. The summed E-state index contributed by atoms with van der Waals surface area (Å²) in [5.74, 6) is -11.8. The van der Waals surface area contributed by atoms with Gasteiger partial charge in [-0.15, -0.1) is 0 Å². The van der Waals surface area contributed by atoms with Gasteiger partial charge in [-0.3, -0.25) is 62.3 Å². The summed E-state index contributed by atoms with van der Waals surface area (Å²) in [5, 5.41) is 30.3. The average molecular weight is 1480 g/mol. The molecule has 30 nitrogen and oxygen atoms in total. The fourth-order valence-electron chi connectivity index (χ4n) is 9.86. The number of nitrogens with one attached hydrogen (secondary N) is 13. The zero-order valence-electron chi connectivity index (χ0n) is 59.7. The van der Waals surface area contributed by atoms with Crippen LogP contribution < -0.4 is 86.5 Å². The minimum absolute atomic E-state index is 0.0459. The molecule has 570 valence electrons. The van der Waals surface area contributed by atoms with E-state index in [9.17, 15) is 62.3 Å². The first-order chi connectivity index (χ1) is 47.1. The molecular formula is C65H122N16O14S4. The van der Waals surface area contributed by atoms with Crippen molar-refractivity contribution < 1.29 is 67.2 Å². The summed E-state index contributed by atoms with van der Waals surface area (Å²) in [4.78, 5) is 178. The van der Waals surface area contributed by atoms with Gasteiger partial charge in [-0.25, -0.2) is 0 Å². The van der Waals surface area contributed by atoms with Crippen LogP contribution >= 0.6 is 50.5 Å². The Morgan fingerprint density at radius 1 is 0.354 bits per heavy atom. The van der Waals surface area contributed by atoms with E-state index in [1.807, 2.05) is 0 Å². The van der Waals surface area contributed by atoms with Gasteiger partial charge >= 0.3 is 0 Å². The van der Waals surface area contributed by atoms with E-state index < -0.39 is 169 Å². The number of hydrogen-bond acceptors (Lipinski definition) is 21. The smallest absolute Gasteiger partial charge is 0.244 e. The summed E-state index contributed by atoms with van der Waals surface area (Å²) in [6.07, 6.45) is 19.3. The number of amides is 13. The van der Waals surface area contributed by atoms with Crippen LogP contribution in [0, 0.1) is 17.8 Å². The number of carbonyl (C=O) groups excluding carboxylic acids is 13. The van der Waals surface area contributed by atoms with E-state index in [0.717, 1.165) is 19.3 Å². The van der Waals surface area contributed by atoms with Crippen LogP contribution in [0.3, 0.4) is 0 Å². The first-order valence-corrected chi connectivity index (χ1v) is 37.7. The number of unbranched alkanes of at least 4 members (excludes halogenated alkanes) is 15. The van der Waals surface area contributed by atoms with Gasteiger partial charge in [0.15, 0.2) is 0 Å². The monoisotopic (exact) mass is 1480 g/mol. The van der Waals surface area contributed by atoms with E-state index in [1.165, 1.54) is 77.6 Å². The van der Waals surface area contributed by atoms with E-state index in [-0.39, 0.29) is 54.9 Å². The van der Waals surface area contributed by atoms with Gasteiger partial charge < -0.3 is 85.8 Å². The van der Waals surface area contributed by atoms with E-state index in [2.05, 4.69) is 127 Å². The topological polar surface area (TPSA) is 466 Å². The van der Waals surface area contributed by atoms with Crippen LogP contribution in [0.15, 0.2) is 0 Å². The van der Waals surface area contributed by atoms with E-state index in [1.54, 1.807) is 41.5 Å². The molecule has 19 N–H and O–H groups in total. The lowest BCUT2D eigenvalue weighted by Crippen LogP contribution is -2.61. The lowest BCUT2D eigenvalue weighted by Gasteiger charge is -2.30. The molecule has 13 amide bonds. The zero-order chi connectivity index (χ0) is 74.8. The Hall–Kier alpha value is -5.65. The highest BCUT2D eigenvalue weighted by Gasteiger charge is 2.36. The van der Waals surface area contributed by atoms with Crippen LogP contribution in [0.4, 0.5) is 0 Å². The lowest BCUT2D eigenvalue weighted by atomic mass is 9.96. The number of hydroxylamine groups is 1. The number of nitrogens with two attached hydrogens (primary N) is 3. The van der Waals surface area contributed by atoms with Crippen molar-refractivity contribution in [1.82, 2.24) is 69.3 Å². The van der Waals surface area contributed by atoms with E-state index in [0.29, 0.717) is 38.7 Å². The van der Waals surface area contributed by atoms with Crippen molar-refractivity contribution in [3.05, 3.63) is 0 Å². The maximum Gasteiger partial charge on any atom is 0.244 e. The highest BCUT2D eigenvalue weighted by molar-refractivity contribution is 7.80. The second kappa shape index (κ2) is 56.0. The maximum absolute atomic E-state index is 14.2. The van der Waals surface area contributed by atoms with E-state index >= 15 is 0 Å². The summed E-state index contributed by atoms with van der Waals surface area (Å²) in [6.45, 7) is 12.8. The summed E-state index contributed by atoms with van der Waals surface area (Å²) in [7, 11) is 0. The molecule has 0 aromatic carbocycles. The van der Waals surface area contributed by atoms with Crippen molar-refractivity contribution in [3.63, 3.8) is 0 Å². The second-order valence-corrected chi connectivity index (χ2v) is 27.0. The van der Waals surface area contributed by atoms with Crippen molar-refractivity contribution in [1.29, 1.82) is 0 Å². The molecule has 0 heterocycles. The molecule has 0 aliphatic rings. The van der Waals surface area contributed by atoms with Gasteiger partial charge in [-0.1, -0.05) is 138 Å². The van der Waals surface area contributed by atoms with Crippen molar-refractivity contribution in [2.75, 3.05) is 62.3 Å². The van der Waals surface area contributed by atoms with Crippen LogP contribution in [0.1, 0.15) is 190 Å². The van der Waals surface area contributed by atoms with Gasteiger partial charge in [0.1, 0.15) is 60.4 Å². The van der Waals surface area contributed by atoms with Gasteiger partial charge in [-0.2, -0.15) is 56.0 Å². The molecule has 11 atom stereocenters. The third-order valence-electron chi connectivity index (χ3n) is 16.3. The van der Waals surface area contributed by atoms with Crippen LogP contribution in [-0.4, -0.2) is 200 Å². The molecule has 0 aliphatic heterocycles. The number of carbonyl (C=O) groups is 13. The molecule has 0 aromatic heterocycles. The van der Waals surface area contributed by atoms with Gasteiger partial charge in [0.2, 0.25) is 76.8 Å². The highest BCUT2D eigenvalue weighted by atomic mass is 32.1. The summed E-state index contributed by atoms with van der Waals surface area (Å²) in [5.41, 5.74) is 19.6. The molecule has 0 saturated heterocycles. The standard InChI is InChI=1S/C65H122N16O14S4/c1-9-11-12-13-14-15-16-17-18-19-20-21-22-27-32-95-81-49(39-99)63(92)77-48(38-98)62(91)76-47(37-97)61(90)75-46(36-96)58(87)71-34-51(83)69-33-50(82)70-35-52(84)73-44(28-23-25-30-66)59(88)80-55(42(7)10-2)65(94)74-45(29-24-26-31-67)60(89)79-54(41(5)6)64(93)72-43(8)57(86)78-53(40(3)4)56(68)85/h40-49,53-55,81,96-99H,9-39,66-67H2,1-8H3,(H2,68,85)(H,69,83)(H,70,82)(H,71,87)(H,72,93)(H,73,84)(H,74,94)(H,75,90)(H,76,91)(H,77,92)(H,78,86)(H,79,89)(H,80,88)/t42-,43-,44-,45-,46-,47-,48-,49-,53-,54-,55-/m0/s1. The Balaban J connectivity index is 5.49. The van der Waals surface area contributed by atoms with E-state index in [4.69, 9.17) is 22.0 Å². The Morgan fingerprint density at radius 3 is 1.14 bits per heavy atom. The maximum atomic E-state index is 14.2. The molecule has 0 saturated carbocycles. The fourth-order valence-corrected chi connectivity index (χ4v) is 10.9. The Kier molecular flexibility index (Phi) is 52.8. The number of hydrogen-bond donors (Lipinski definition) is 20. The molecule has 34 heteroatoms. The molecule has 0 fully saturated rings. The second-order valence-electron chi connectivity index (χ2n) is 25.5. The van der Waals surface area contributed by atoms with Gasteiger partial charge in [0, 0.05) is 23.0 Å². The zero-order valence-corrected chi connectivity index (χ0v) is 63.2. The Bertz CT molecular complexity index is 2460. The molecular weight excluding hydrogens is 1360 g/mol. The fraction of sp³-hybridized carbons (Fsp3) is 0.800. The molecule has 0 aliphatic carbocycles. The number of rotatable bonds is 58. The minimum atomic E-state index is -1.31. The van der Waals surface area contributed by atoms with Gasteiger partial charge in [0.25, 0.3) is 0 Å². The first kappa shape index (κ1) is 93.3. The Morgan fingerprint density at radius 2 is 0.717 bits per heavy atom.